The summed E-state index contributed by atoms with van der Waals surface area (Å²) >= 11 is 0. The molecule has 3 aromatic rings. The van der Waals surface area contributed by atoms with Gasteiger partial charge in [-0.15, -0.1) is 5.10 Å². The molecule has 150 valence electrons. The first-order valence-corrected chi connectivity index (χ1v) is 10.1. The minimum atomic E-state index is -0.503. The molecule has 0 spiro atoms. The van der Waals surface area contributed by atoms with Crippen molar-refractivity contribution in [1.29, 1.82) is 0 Å². The van der Waals surface area contributed by atoms with Gasteiger partial charge in [0.05, 0.1) is 0 Å². The first-order chi connectivity index (χ1) is 14.1. The Bertz CT molecular complexity index is 978. The zero-order valence-corrected chi connectivity index (χ0v) is 16.9. The highest BCUT2D eigenvalue weighted by atomic mass is 16.4. The number of benzene rings is 2. The maximum atomic E-state index is 13.0. The van der Waals surface area contributed by atoms with Gasteiger partial charge in [-0.05, 0) is 61.9 Å². The molecule has 0 unspecified atom stereocenters. The van der Waals surface area contributed by atoms with Crippen molar-refractivity contribution < 1.29 is 9.21 Å². The highest BCUT2D eigenvalue weighted by Crippen LogP contribution is 2.26. The van der Waals surface area contributed by atoms with Gasteiger partial charge in [-0.1, -0.05) is 41.5 Å². The van der Waals surface area contributed by atoms with Crippen LogP contribution >= 0.6 is 0 Å². The lowest BCUT2D eigenvalue weighted by atomic mass is 10.0. The van der Waals surface area contributed by atoms with E-state index in [0.29, 0.717) is 17.5 Å². The van der Waals surface area contributed by atoms with E-state index in [-0.39, 0.29) is 5.91 Å². The summed E-state index contributed by atoms with van der Waals surface area (Å²) in [5.41, 5.74) is 3.76. The number of hydrogen-bond donors (Lipinski definition) is 1. The second-order valence-corrected chi connectivity index (χ2v) is 7.59. The van der Waals surface area contributed by atoms with Crippen molar-refractivity contribution in [2.24, 2.45) is 0 Å². The Morgan fingerprint density at radius 3 is 2.48 bits per heavy atom. The van der Waals surface area contributed by atoms with Crippen LogP contribution in [0.2, 0.25) is 0 Å². The second kappa shape index (κ2) is 8.47. The SMILES string of the molecule is Cc1ccc(C(=O)N[C@@H](c2ccccc2)c2nnc(N3CCCCC3)o2)cc1C. The van der Waals surface area contributed by atoms with E-state index in [2.05, 4.69) is 20.4 Å². The molecular weight excluding hydrogens is 364 g/mol. The summed E-state index contributed by atoms with van der Waals surface area (Å²) in [5.74, 6) is 0.230. The van der Waals surface area contributed by atoms with Crippen LogP contribution in [0.1, 0.15) is 58.2 Å². The van der Waals surface area contributed by atoms with Gasteiger partial charge in [0.25, 0.3) is 5.91 Å². The number of nitrogens with one attached hydrogen (secondary N) is 1. The van der Waals surface area contributed by atoms with Gasteiger partial charge >= 0.3 is 6.01 Å². The van der Waals surface area contributed by atoms with Gasteiger partial charge < -0.3 is 14.6 Å². The summed E-state index contributed by atoms with van der Waals surface area (Å²) in [4.78, 5) is 15.1. The second-order valence-electron chi connectivity index (χ2n) is 7.59. The molecular formula is C23H26N4O2. The molecule has 4 rings (SSSR count). The summed E-state index contributed by atoms with van der Waals surface area (Å²) in [6.07, 6.45) is 3.49. The fraction of sp³-hybridized carbons (Fsp3) is 0.348. The Labute approximate surface area is 170 Å². The summed E-state index contributed by atoms with van der Waals surface area (Å²) in [5, 5.41) is 11.6. The Hall–Kier alpha value is -3.15. The average Bonchev–Trinajstić information content (AvgIpc) is 3.25. The third-order valence-corrected chi connectivity index (χ3v) is 5.48. The molecule has 1 aliphatic rings. The molecule has 1 aromatic heterocycles. The molecule has 1 fully saturated rings. The maximum Gasteiger partial charge on any atom is 0.318 e. The molecule has 0 aliphatic carbocycles. The lowest BCUT2D eigenvalue weighted by Gasteiger charge is -2.24. The van der Waals surface area contributed by atoms with Crippen LogP contribution in [0.3, 0.4) is 0 Å². The Morgan fingerprint density at radius 1 is 1.00 bits per heavy atom. The standard InChI is InChI=1S/C23H26N4O2/c1-16-11-12-19(15-17(16)2)21(28)24-20(18-9-5-3-6-10-18)22-25-26-23(29-22)27-13-7-4-8-14-27/h3,5-6,9-12,15,20H,4,7-8,13-14H2,1-2H3,(H,24,28)/t20-/m0/s1. The number of rotatable bonds is 5. The molecule has 6 nitrogen and oxygen atoms in total. The average molecular weight is 390 g/mol. The van der Waals surface area contributed by atoms with Gasteiger partial charge in [0.2, 0.25) is 5.89 Å². The maximum absolute atomic E-state index is 13.0. The van der Waals surface area contributed by atoms with E-state index in [1.165, 1.54) is 6.42 Å². The number of nitrogens with zero attached hydrogens (tertiary/aromatic N) is 3. The Kier molecular flexibility index (Phi) is 5.60. The molecule has 0 bridgehead atoms. The van der Waals surface area contributed by atoms with Crippen LogP contribution in [0, 0.1) is 13.8 Å². The van der Waals surface area contributed by atoms with Gasteiger partial charge in [0.1, 0.15) is 6.04 Å². The Balaban J connectivity index is 1.61. The predicted octanol–water partition coefficient (Wildman–Crippen LogP) is 4.20. The molecule has 2 heterocycles. The number of aromatic nitrogens is 2. The van der Waals surface area contributed by atoms with Crippen molar-refractivity contribution in [3.63, 3.8) is 0 Å². The summed E-state index contributed by atoms with van der Waals surface area (Å²) < 4.78 is 6.01. The van der Waals surface area contributed by atoms with Gasteiger partial charge in [-0.25, -0.2) is 0 Å². The van der Waals surface area contributed by atoms with Crippen LogP contribution in [-0.2, 0) is 0 Å². The number of hydrogen-bond acceptors (Lipinski definition) is 5. The molecule has 6 heteroatoms. The first kappa shape index (κ1) is 19.2. The van der Waals surface area contributed by atoms with Gasteiger partial charge in [-0.2, -0.15) is 0 Å². The molecule has 1 saturated heterocycles. The van der Waals surface area contributed by atoms with E-state index in [1.807, 2.05) is 62.4 Å². The van der Waals surface area contributed by atoms with Crippen molar-refractivity contribution in [3.8, 4) is 0 Å². The van der Waals surface area contributed by atoms with Crippen LogP contribution in [0.4, 0.5) is 6.01 Å². The third kappa shape index (κ3) is 4.31. The van der Waals surface area contributed by atoms with Crippen molar-refractivity contribution in [2.75, 3.05) is 18.0 Å². The van der Waals surface area contributed by atoms with E-state index in [1.54, 1.807) is 0 Å². The third-order valence-electron chi connectivity index (χ3n) is 5.48. The molecule has 2 aromatic carbocycles. The monoisotopic (exact) mass is 390 g/mol. The zero-order valence-electron chi connectivity index (χ0n) is 16.9. The molecule has 1 aliphatic heterocycles. The Morgan fingerprint density at radius 2 is 1.76 bits per heavy atom. The largest absolute Gasteiger partial charge is 0.405 e. The number of carbonyl (C=O) groups is 1. The lowest BCUT2D eigenvalue weighted by Crippen LogP contribution is -2.30. The van der Waals surface area contributed by atoms with Crippen molar-refractivity contribution in [2.45, 2.75) is 39.2 Å². The van der Waals surface area contributed by atoms with Crippen LogP contribution in [-0.4, -0.2) is 29.2 Å². The van der Waals surface area contributed by atoms with Gasteiger partial charge in [0.15, 0.2) is 0 Å². The van der Waals surface area contributed by atoms with E-state index in [9.17, 15) is 4.79 Å². The fourth-order valence-corrected chi connectivity index (χ4v) is 3.59. The van der Waals surface area contributed by atoms with E-state index >= 15 is 0 Å². The fourth-order valence-electron chi connectivity index (χ4n) is 3.59. The number of piperidine rings is 1. The molecule has 1 amide bonds. The molecule has 1 atom stereocenters. The zero-order chi connectivity index (χ0) is 20.2. The van der Waals surface area contributed by atoms with E-state index in [0.717, 1.165) is 42.6 Å². The van der Waals surface area contributed by atoms with Crippen LogP contribution in [0.15, 0.2) is 52.9 Å². The van der Waals surface area contributed by atoms with Crippen LogP contribution < -0.4 is 10.2 Å². The number of aryl methyl sites for hydroxylation is 2. The van der Waals surface area contributed by atoms with Crippen LogP contribution in [0.5, 0.6) is 0 Å². The van der Waals surface area contributed by atoms with Crippen molar-refractivity contribution in [3.05, 3.63) is 76.7 Å². The topological polar surface area (TPSA) is 71.3 Å². The minimum Gasteiger partial charge on any atom is -0.405 e. The quantitative estimate of drug-likeness (QED) is 0.707. The van der Waals surface area contributed by atoms with Gasteiger partial charge in [0, 0.05) is 18.7 Å². The van der Waals surface area contributed by atoms with Crippen LogP contribution in [0.25, 0.3) is 0 Å². The number of amides is 1. The van der Waals surface area contributed by atoms with Crippen molar-refractivity contribution >= 4 is 11.9 Å². The molecule has 0 radical (unpaired) electrons. The van der Waals surface area contributed by atoms with Crippen molar-refractivity contribution in [1.82, 2.24) is 15.5 Å². The van der Waals surface area contributed by atoms with E-state index < -0.39 is 6.04 Å². The smallest absolute Gasteiger partial charge is 0.318 e. The molecule has 0 saturated carbocycles. The van der Waals surface area contributed by atoms with Gasteiger partial charge in [-0.3, -0.25) is 4.79 Å². The number of carbonyl (C=O) groups excluding carboxylic acids is 1. The number of anilines is 1. The normalized spacial score (nSPS) is 15.2. The highest BCUT2D eigenvalue weighted by molar-refractivity contribution is 5.94. The lowest BCUT2D eigenvalue weighted by molar-refractivity contribution is 0.0938. The first-order valence-electron chi connectivity index (χ1n) is 10.1. The summed E-state index contributed by atoms with van der Waals surface area (Å²) in [6.45, 7) is 5.88. The summed E-state index contributed by atoms with van der Waals surface area (Å²) in [6, 6.07) is 15.5. The summed E-state index contributed by atoms with van der Waals surface area (Å²) in [7, 11) is 0. The predicted molar refractivity (Wildman–Crippen MR) is 112 cm³/mol. The molecule has 1 N–H and O–H groups in total. The van der Waals surface area contributed by atoms with E-state index in [4.69, 9.17) is 4.42 Å². The molecule has 29 heavy (non-hydrogen) atoms. The minimum absolute atomic E-state index is 0.167. The highest BCUT2D eigenvalue weighted by Gasteiger charge is 2.25.